The summed E-state index contributed by atoms with van der Waals surface area (Å²) >= 11 is 0. The highest BCUT2D eigenvalue weighted by Gasteiger charge is 2.27. The monoisotopic (exact) mass is 585 g/mol. The molecule has 2 N–H and O–H groups in total. The van der Waals surface area contributed by atoms with E-state index >= 15 is 0 Å². The summed E-state index contributed by atoms with van der Waals surface area (Å²) in [5, 5.41) is 19.1. The topological polar surface area (TPSA) is 116 Å². The van der Waals surface area contributed by atoms with Crippen LogP contribution in [0, 0.1) is 17.2 Å². The molecule has 0 bridgehead atoms. The number of nitrogens with one attached hydrogen (secondary N) is 1. The SMILES string of the molecule is CC(C)C[C@H](N=C(OCc1ccccc1)[C@@H](CC(=O)O)c1ccn(-c2ccc(-c3ccc(C#N)cc3)cc2)c1)c1ncc[nH]1. The number of nitriles is 1. The molecule has 0 amide bonds. The third kappa shape index (κ3) is 7.69. The Balaban J connectivity index is 1.47. The van der Waals surface area contributed by atoms with Gasteiger partial charge < -0.3 is 19.4 Å². The number of aromatic nitrogens is 3. The predicted octanol–water partition coefficient (Wildman–Crippen LogP) is 7.70. The lowest BCUT2D eigenvalue weighted by atomic mass is 9.97. The number of benzene rings is 3. The van der Waals surface area contributed by atoms with E-state index in [0.717, 1.165) is 34.4 Å². The number of carboxylic acid groups (broad SMARTS) is 1. The molecule has 8 heteroatoms. The lowest BCUT2D eigenvalue weighted by molar-refractivity contribution is -0.137. The van der Waals surface area contributed by atoms with E-state index in [-0.39, 0.29) is 19.1 Å². The molecule has 0 radical (unpaired) electrons. The van der Waals surface area contributed by atoms with Crippen LogP contribution in [0.2, 0.25) is 0 Å². The maximum absolute atomic E-state index is 12.2. The second-order valence-electron chi connectivity index (χ2n) is 11.1. The van der Waals surface area contributed by atoms with Crippen LogP contribution in [-0.2, 0) is 16.1 Å². The Labute approximate surface area is 257 Å². The molecule has 2 aromatic heterocycles. The number of carbonyl (C=O) groups is 1. The fourth-order valence-corrected chi connectivity index (χ4v) is 5.11. The molecule has 2 heterocycles. The van der Waals surface area contributed by atoms with Gasteiger partial charge >= 0.3 is 5.97 Å². The van der Waals surface area contributed by atoms with Crippen LogP contribution >= 0.6 is 0 Å². The van der Waals surface area contributed by atoms with Crippen molar-refractivity contribution in [1.82, 2.24) is 14.5 Å². The number of aliphatic carboxylic acids is 1. The number of hydrogen-bond acceptors (Lipinski definition) is 5. The molecular weight excluding hydrogens is 550 g/mol. The third-order valence-electron chi connectivity index (χ3n) is 7.35. The Morgan fingerprint density at radius 3 is 2.34 bits per heavy atom. The van der Waals surface area contributed by atoms with E-state index in [1.807, 2.05) is 89.8 Å². The van der Waals surface area contributed by atoms with Crippen LogP contribution in [-0.4, -0.2) is 31.5 Å². The Morgan fingerprint density at radius 1 is 1.02 bits per heavy atom. The second-order valence-corrected chi connectivity index (χ2v) is 11.1. The van der Waals surface area contributed by atoms with Gasteiger partial charge in [0.2, 0.25) is 0 Å². The zero-order valence-electron chi connectivity index (χ0n) is 24.8. The first-order chi connectivity index (χ1) is 21.4. The number of aromatic amines is 1. The van der Waals surface area contributed by atoms with Gasteiger partial charge in [0.25, 0.3) is 0 Å². The van der Waals surface area contributed by atoms with Gasteiger partial charge in [-0.1, -0.05) is 68.4 Å². The van der Waals surface area contributed by atoms with E-state index in [1.54, 1.807) is 24.5 Å². The van der Waals surface area contributed by atoms with Gasteiger partial charge in [-0.3, -0.25) is 4.79 Å². The second kappa shape index (κ2) is 14.2. The number of aliphatic imine (C=N–C) groups is 1. The van der Waals surface area contributed by atoms with Gasteiger partial charge in [0.15, 0.2) is 5.90 Å². The molecule has 0 aliphatic carbocycles. The van der Waals surface area contributed by atoms with Crippen LogP contribution in [0.15, 0.2) is 115 Å². The molecule has 0 spiro atoms. The Hall–Kier alpha value is -5.42. The minimum Gasteiger partial charge on any atom is -0.481 e. The van der Waals surface area contributed by atoms with Crippen molar-refractivity contribution >= 4 is 11.9 Å². The number of H-pyrrole nitrogens is 1. The number of rotatable bonds is 12. The van der Waals surface area contributed by atoms with Crippen LogP contribution < -0.4 is 0 Å². The molecule has 2 atom stereocenters. The van der Waals surface area contributed by atoms with Crippen molar-refractivity contribution in [2.75, 3.05) is 0 Å². The van der Waals surface area contributed by atoms with E-state index in [4.69, 9.17) is 15.0 Å². The normalized spacial score (nSPS) is 12.9. The number of ether oxygens (including phenoxy) is 1. The van der Waals surface area contributed by atoms with E-state index in [9.17, 15) is 9.90 Å². The molecule has 222 valence electrons. The zero-order chi connectivity index (χ0) is 30.9. The average molecular weight is 586 g/mol. The van der Waals surface area contributed by atoms with Gasteiger partial charge in [-0.15, -0.1) is 0 Å². The molecule has 0 saturated carbocycles. The largest absolute Gasteiger partial charge is 0.481 e. The van der Waals surface area contributed by atoms with Gasteiger partial charge in [-0.2, -0.15) is 5.26 Å². The summed E-state index contributed by atoms with van der Waals surface area (Å²) in [4.78, 5) is 24.9. The van der Waals surface area contributed by atoms with Crippen LogP contribution in [0.1, 0.15) is 61.2 Å². The standard InChI is InChI=1S/C36H35N5O3/c1-25(2)20-33(35-38-17-18-39-35)40-36(44-24-27-6-4-3-5-7-27)32(21-34(42)43)30-16-19-41(23-30)31-14-12-29(13-15-31)28-10-8-26(22-37)9-11-28/h3-19,23,25,32-33H,20-21,24H2,1-2H3,(H,38,39)(H,42,43)/t32-,33-/m0/s1. The van der Waals surface area contributed by atoms with Crippen LogP contribution in [0.5, 0.6) is 0 Å². The molecule has 3 aromatic carbocycles. The lowest BCUT2D eigenvalue weighted by Crippen LogP contribution is -2.21. The van der Waals surface area contributed by atoms with Crippen LogP contribution in [0.4, 0.5) is 0 Å². The van der Waals surface area contributed by atoms with Crippen molar-refractivity contribution in [2.45, 2.75) is 45.3 Å². The number of imidazole rings is 1. The van der Waals surface area contributed by atoms with Crippen LogP contribution in [0.25, 0.3) is 16.8 Å². The van der Waals surface area contributed by atoms with E-state index in [2.05, 4.69) is 29.9 Å². The minimum absolute atomic E-state index is 0.179. The van der Waals surface area contributed by atoms with E-state index in [0.29, 0.717) is 23.2 Å². The molecule has 0 aliphatic heterocycles. The molecule has 0 saturated heterocycles. The molecule has 5 rings (SSSR count). The number of hydrogen-bond donors (Lipinski definition) is 2. The van der Waals surface area contributed by atoms with Crippen molar-refractivity contribution < 1.29 is 14.6 Å². The highest BCUT2D eigenvalue weighted by molar-refractivity contribution is 5.88. The first kappa shape index (κ1) is 30.1. The smallest absolute Gasteiger partial charge is 0.304 e. The summed E-state index contributed by atoms with van der Waals surface area (Å²) in [6.45, 7) is 4.51. The average Bonchev–Trinajstić information content (AvgIpc) is 3.75. The summed E-state index contributed by atoms with van der Waals surface area (Å²) < 4.78 is 8.34. The molecule has 44 heavy (non-hydrogen) atoms. The third-order valence-corrected chi connectivity index (χ3v) is 7.35. The number of carboxylic acids is 1. The molecule has 0 unspecified atom stereocenters. The maximum Gasteiger partial charge on any atom is 0.304 e. The first-order valence-corrected chi connectivity index (χ1v) is 14.6. The van der Waals surface area contributed by atoms with Gasteiger partial charge in [0.05, 0.1) is 24.0 Å². The minimum atomic E-state index is -0.941. The molecule has 8 nitrogen and oxygen atoms in total. The molecule has 0 fully saturated rings. The fourth-order valence-electron chi connectivity index (χ4n) is 5.11. The van der Waals surface area contributed by atoms with Gasteiger partial charge in [0, 0.05) is 30.5 Å². The van der Waals surface area contributed by atoms with Gasteiger partial charge in [-0.05, 0) is 64.9 Å². The van der Waals surface area contributed by atoms with Crippen molar-refractivity contribution in [3.63, 3.8) is 0 Å². The zero-order valence-corrected chi connectivity index (χ0v) is 24.8. The predicted molar refractivity (Wildman–Crippen MR) is 170 cm³/mol. The summed E-state index contributed by atoms with van der Waals surface area (Å²) in [6.07, 6.45) is 7.87. The fraction of sp³-hybridized carbons (Fsp3) is 0.222. The maximum atomic E-state index is 12.2. The Morgan fingerprint density at radius 2 is 1.73 bits per heavy atom. The van der Waals surface area contributed by atoms with Gasteiger partial charge in [-0.25, -0.2) is 9.98 Å². The van der Waals surface area contributed by atoms with Gasteiger partial charge in [0.1, 0.15) is 18.5 Å². The quantitative estimate of drug-likeness (QED) is 0.115. The highest BCUT2D eigenvalue weighted by Crippen LogP contribution is 2.30. The van der Waals surface area contributed by atoms with E-state index < -0.39 is 11.9 Å². The summed E-state index contributed by atoms with van der Waals surface area (Å²) in [7, 11) is 0. The van der Waals surface area contributed by atoms with E-state index in [1.165, 1.54) is 0 Å². The highest BCUT2D eigenvalue weighted by atomic mass is 16.5. The van der Waals surface area contributed by atoms with Crippen molar-refractivity contribution in [3.05, 3.63) is 132 Å². The van der Waals surface area contributed by atoms with Crippen LogP contribution in [0.3, 0.4) is 0 Å². The number of nitrogens with zero attached hydrogens (tertiary/aromatic N) is 4. The lowest BCUT2D eigenvalue weighted by Gasteiger charge is -2.21. The summed E-state index contributed by atoms with van der Waals surface area (Å²) in [5.41, 5.74) is 5.36. The van der Waals surface area contributed by atoms with Crippen molar-refractivity contribution in [2.24, 2.45) is 10.9 Å². The molecular formula is C36H35N5O3. The Kier molecular flexibility index (Phi) is 9.68. The molecule has 5 aromatic rings. The van der Waals surface area contributed by atoms with Crippen molar-refractivity contribution in [3.8, 4) is 22.9 Å². The summed E-state index contributed by atoms with van der Waals surface area (Å²) in [5.74, 6) is -0.139. The molecule has 0 aliphatic rings. The Bertz CT molecular complexity index is 1720. The first-order valence-electron chi connectivity index (χ1n) is 14.6. The summed E-state index contributed by atoms with van der Waals surface area (Å²) in [6, 6.07) is 29.1. The van der Waals surface area contributed by atoms with Crippen molar-refractivity contribution in [1.29, 1.82) is 5.26 Å².